The molecule has 2 aliphatic rings. The molecule has 0 bridgehead atoms. The molecule has 2 aliphatic heterocycles. The molecule has 2 aromatic heterocycles. The molecule has 164 valence electrons. The number of ether oxygens (including phenoxy) is 3. The topological polar surface area (TPSA) is 44.1 Å². The minimum Gasteiger partial charge on any atom is -0.488 e. The van der Waals surface area contributed by atoms with Crippen molar-refractivity contribution in [3.63, 3.8) is 0 Å². The van der Waals surface area contributed by atoms with Crippen molar-refractivity contribution in [1.29, 1.82) is 0 Å². The van der Waals surface area contributed by atoms with Crippen molar-refractivity contribution < 1.29 is 18.6 Å². The highest BCUT2D eigenvalue weighted by Crippen LogP contribution is 2.42. The lowest BCUT2D eigenvalue weighted by molar-refractivity contribution is 0.137. The van der Waals surface area contributed by atoms with E-state index in [4.69, 9.17) is 18.6 Å². The molecule has 2 aromatic carbocycles. The molecule has 0 saturated carbocycles. The maximum atomic E-state index is 6.44. The van der Waals surface area contributed by atoms with Crippen molar-refractivity contribution in [2.45, 2.75) is 25.6 Å². The van der Waals surface area contributed by atoms with Crippen LogP contribution in [-0.2, 0) is 17.8 Å². The van der Waals surface area contributed by atoms with Crippen LogP contribution in [0.25, 0.3) is 21.2 Å². The number of benzene rings is 2. The molecule has 0 spiro atoms. The number of hydrogen-bond donors (Lipinski definition) is 0. The second-order valence-electron chi connectivity index (χ2n) is 8.35. The Balaban J connectivity index is 1.41. The quantitative estimate of drug-likeness (QED) is 0.391. The lowest BCUT2D eigenvalue weighted by atomic mass is 10.0. The first-order valence-corrected chi connectivity index (χ1v) is 12.0. The molecule has 0 N–H and O–H groups in total. The van der Waals surface area contributed by atoms with Crippen LogP contribution in [-0.4, -0.2) is 37.4 Å². The van der Waals surface area contributed by atoms with E-state index in [1.54, 1.807) is 17.6 Å². The van der Waals surface area contributed by atoms with Crippen molar-refractivity contribution in [2.75, 3.05) is 26.4 Å². The minimum absolute atomic E-state index is 0.0691. The Hall–Kier alpha value is -2.80. The summed E-state index contributed by atoms with van der Waals surface area (Å²) in [5, 5.41) is 3.52. The Morgan fingerprint density at radius 1 is 1.09 bits per heavy atom. The van der Waals surface area contributed by atoms with Gasteiger partial charge < -0.3 is 18.6 Å². The predicted octanol–water partition coefficient (Wildman–Crippen LogP) is 5.72. The summed E-state index contributed by atoms with van der Waals surface area (Å²) in [6.07, 6.45) is 2.71. The van der Waals surface area contributed by atoms with Crippen molar-refractivity contribution >= 4 is 21.4 Å². The minimum atomic E-state index is 0.0691. The zero-order valence-corrected chi connectivity index (χ0v) is 18.6. The molecule has 4 aromatic rings. The fourth-order valence-corrected chi connectivity index (χ4v) is 5.50. The average Bonchev–Trinajstić information content (AvgIpc) is 3.55. The summed E-state index contributed by atoms with van der Waals surface area (Å²) < 4.78 is 25.1. The summed E-state index contributed by atoms with van der Waals surface area (Å²) in [5.74, 6) is 2.65. The van der Waals surface area contributed by atoms with Gasteiger partial charge in [0.15, 0.2) is 11.5 Å². The van der Waals surface area contributed by atoms with Gasteiger partial charge in [-0.1, -0.05) is 18.2 Å². The molecule has 1 atom stereocenters. The van der Waals surface area contributed by atoms with Gasteiger partial charge in [0, 0.05) is 40.7 Å². The predicted molar refractivity (Wildman–Crippen MR) is 125 cm³/mol. The summed E-state index contributed by atoms with van der Waals surface area (Å²) in [5.41, 5.74) is 3.55. The maximum absolute atomic E-state index is 6.44. The molecular weight excluding hydrogens is 422 g/mol. The molecule has 0 radical (unpaired) electrons. The molecule has 6 heteroatoms. The lowest BCUT2D eigenvalue weighted by Gasteiger charge is -2.20. The van der Waals surface area contributed by atoms with Crippen molar-refractivity contribution in [3.05, 3.63) is 71.5 Å². The standard InChI is InChI=1S/C26H25NO4S/c1-2-6-25-22(5-1)23(17-32-25)18-12-19-14-27(15-20-4-3-9-29-20)8-11-30-26(19)24(13-18)31-21-7-10-28-16-21/h1-6,9,12-13,17,21H,7-8,10-11,14-16H2. The van der Waals surface area contributed by atoms with Crippen molar-refractivity contribution in [3.8, 4) is 22.6 Å². The SMILES string of the molecule is c1coc(CN2CCOc3c(cc(-c4csc5ccccc45)cc3OC3CCOC3)C2)c1. The summed E-state index contributed by atoms with van der Waals surface area (Å²) >= 11 is 1.78. The third kappa shape index (κ3) is 3.90. The molecule has 1 unspecified atom stereocenters. The second kappa shape index (κ2) is 8.62. The highest BCUT2D eigenvalue weighted by Gasteiger charge is 2.25. The zero-order chi connectivity index (χ0) is 21.3. The molecular formula is C26H25NO4S. The largest absolute Gasteiger partial charge is 0.488 e. The highest BCUT2D eigenvalue weighted by atomic mass is 32.1. The van der Waals surface area contributed by atoms with Crippen LogP contribution in [0.2, 0.25) is 0 Å². The van der Waals surface area contributed by atoms with Gasteiger partial charge in [-0.15, -0.1) is 11.3 Å². The van der Waals surface area contributed by atoms with Gasteiger partial charge in [0.05, 0.1) is 26.0 Å². The van der Waals surface area contributed by atoms with Crippen molar-refractivity contribution in [2.24, 2.45) is 0 Å². The van der Waals surface area contributed by atoms with Gasteiger partial charge >= 0.3 is 0 Å². The van der Waals surface area contributed by atoms with Crippen LogP contribution in [0.4, 0.5) is 0 Å². The number of nitrogens with zero attached hydrogens (tertiary/aromatic N) is 1. The van der Waals surface area contributed by atoms with E-state index in [0.29, 0.717) is 13.2 Å². The Morgan fingerprint density at radius 3 is 2.94 bits per heavy atom. The van der Waals surface area contributed by atoms with Crippen LogP contribution < -0.4 is 9.47 Å². The Kier molecular flexibility index (Phi) is 5.35. The van der Waals surface area contributed by atoms with Crippen LogP contribution >= 0.6 is 11.3 Å². The van der Waals surface area contributed by atoms with E-state index in [9.17, 15) is 0 Å². The van der Waals surface area contributed by atoms with E-state index >= 15 is 0 Å². The molecule has 1 fully saturated rings. The molecule has 0 amide bonds. The van der Waals surface area contributed by atoms with Gasteiger partial charge in [-0.3, -0.25) is 4.90 Å². The smallest absolute Gasteiger partial charge is 0.165 e. The molecule has 5 nitrogen and oxygen atoms in total. The molecule has 4 heterocycles. The fraction of sp³-hybridized carbons (Fsp3) is 0.308. The number of furan rings is 1. The molecule has 0 aliphatic carbocycles. The van der Waals surface area contributed by atoms with E-state index in [1.165, 1.54) is 21.2 Å². The Bertz CT molecular complexity index is 1210. The first-order chi connectivity index (χ1) is 15.8. The van der Waals surface area contributed by atoms with Crippen LogP contribution in [0.3, 0.4) is 0 Å². The maximum Gasteiger partial charge on any atom is 0.165 e. The van der Waals surface area contributed by atoms with E-state index in [2.05, 4.69) is 46.7 Å². The number of thiophene rings is 1. The van der Waals surface area contributed by atoms with E-state index in [0.717, 1.165) is 55.5 Å². The fourth-order valence-electron chi connectivity index (χ4n) is 4.53. The normalized spacial score (nSPS) is 18.9. The third-order valence-corrected chi connectivity index (χ3v) is 7.08. The van der Waals surface area contributed by atoms with Crippen LogP contribution in [0, 0.1) is 0 Å². The van der Waals surface area contributed by atoms with Gasteiger partial charge in [-0.2, -0.15) is 0 Å². The van der Waals surface area contributed by atoms with Gasteiger partial charge in [0.1, 0.15) is 18.5 Å². The van der Waals surface area contributed by atoms with Crippen molar-refractivity contribution in [1.82, 2.24) is 4.90 Å². The Labute approximate surface area is 191 Å². The number of rotatable bonds is 5. The molecule has 6 rings (SSSR count). The van der Waals surface area contributed by atoms with E-state index < -0.39 is 0 Å². The van der Waals surface area contributed by atoms with Gasteiger partial charge in [-0.25, -0.2) is 0 Å². The highest BCUT2D eigenvalue weighted by molar-refractivity contribution is 7.17. The van der Waals surface area contributed by atoms with Gasteiger partial charge in [0.2, 0.25) is 0 Å². The van der Waals surface area contributed by atoms with Crippen LogP contribution in [0.5, 0.6) is 11.5 Å². The van der Waals surface area contributed by atoms with Gasteiger partial charge in [-0.05, 0) is 41.3 Å². The summed E-state index contributed by atoms with van der Waals surface area (Å²) in [6.45, 7) is 4.37. The van der Waals surface area contributed by atoms with Crippen LogP contribution in [0.15, 0.2) is 64.6 Å². The lowest BCUT2D eigenvalue weighted by Crippen LogP contribution is -2.25. The average molecular weight is 448 g/mol. The summed E-state index contributed by atoms with van der Waals surface area (Å²) in [4.78, 5) is 2.36. The zero-order valence-electron chi connectivity index (χ0n) is 17.8. The number of fused-ring (bicyclic) bond motifs is 2. The Morgan fingerprint density at radius 2 is 2.06 bits per heavy atom. The van der Waals surface area contributed by atoms with Crippen LogP contribution in [0.1, 0.15) is 17.7 Å². The first-order valence-electron chi connectivity index (χ1n) is 11.1. The first kappa shape index (κ1) is 19.9. The van der Waals surface area contributed by atoms with Gasteiger partial charge in [0.25, 0.3) is 0 Å². The molecule has 1 saturated heterocycles. The van der Waals surface area contributed by atoms with E-state index in [1.807, 2.05) is 12.1 Å². The monoisotopic (exact) mass is 447 g/mol. The number of hydrogen-bond acceptors (Lipinski definition) is 6. The second-order valence-corrected chi connectivity index (χ2v) is 9.26. The summed E-state index contributed by atoms with van der Waals surface area (Å²) in [7, 11) is 0. The third-order valence-electron chi connectivity index (χ3n) is 6.11. The van der Waals surface area contributed by atoms with E-state index in [-0.39, 0.29) is 6.10 Å². The molecule has 32 heavy (non-hydrogen) atoms. The summed E-state index contributed by atoms with van der Waals surface area (Å²) in [6, 6.07) is 16.9.